The van der Waals surface area contributed by atoms with Crippen LogP contribution in [0.3, 0.4) is 0 Å². The Labute approximate surface area is 813 Å². The number of carbonyl (C=O) groups excluding carboxylic acids is 4. The molecule has 7 fully saturated rings. The molecular weight excluding hydrogens is 1880 g/mol. The van der Waals surface area contributed by atoms with Crippen LogP contribution in [-0.2, 0) is 37.8 Å². The predicted molar refractivity (Wildman–Crippen MR) is 512 cm³/mol. The van der Waals surface area contributed by atoms with Crippen molar-refractivity contribution in [2.75, 3.05) is 147 Å². The highest BCUT2D eigenvalue weighted by Gasteiger charge is 2.47. The van der Waals surface area contributed by atoms with E-state index in [4.69, 9.17) is 73.2 Å². The maximum atomic E-state index is 13.7. The Balaban J connectivity index is 0.000000115. The van der Waals surface area contributed by atoms with Crippen LogP contribution in [0.4, 0.5) is 104 Å². The molecule has 11 aliphatic rings. The number of ether oxygens (including phenoxy) is 6. The summed E-state index contributed by atoms with van der Waals surface area (Å²) in [6.07, 6.45) is 7.54. The first-order chi connectivity index (χ1) is 67.7. The summed E-state index contributed by atoms with van der Waals surface area (Å²) >= 11 is 19.7. The van der Waals surface area contributed by atoms with Gasteiger partial charge in [-0.2, -0.15) is 41.3 Å². The van der Waals surface area contributed by atoms with Crippen LogP contribution in [0.2, 0.25) is 15.1 Å². The van der Waals surface area contributed by atoms with Crippen molar-refractivity contribution >= 4 is 122 Å². The zero-order valence-electron chi connectivity index (χ0n) is 75.6. The van der Waals surface area contributed by atoms with Gasteiger partial charge in [0.15, 0.2) is 23.3 Å². The van der Waals surface area contributed by atoms with Crippen LogP contribution in [0, 0.1) is 20.8 Å². The number of nitrogens with one attached hydrogen (secondary N) is 3. The van der Waals surface area contributed by atoms with Crippen molar-refractivity contribution in [1.29, 1.82) is 0 Å². The Bertz CT molecular complexity index is 6510. The number of carbonyl (C=O) groups is 4. The quantitative estimate of drug-likeness (QED) is 0.0803. The second-order valence-corrected chi connectivity index (χ2v) is 36.5. The van der Waals surface area contributed by atoms with Crippen LogP contribution in [0.15, 0.2) is 171 Å². The van der Waals surface area contributed by atoms with Crippen molar-refractivity contribution in [1.82, 2.24) is 64.8 Å². The van der Waals surface area contributed by atoms with Gasteiger partial charge in [0.1, 0.15) is 29.9 Å². The first-order valence-corrected chi connectivity index (χ1v) is 46.9. The number of anilines is 11. The lowest BCUT2D eigenvalue weighted by Gasteiger charge is -2.36. The van der Waals surface area contributed by atoms with Gasteiger partial charge in [0.05, 0.1) is 160 Å². The molecule has 3 N–H and O–H groups in total. The summed E-state index contributed by atoms with van der Waals surface area (Å²) in [7, 11) is 0. The second-order valence-electron chi connectivity index (χ2n) is 35.2. The smallest absolute Gasteiger partial charge is 0.416 e. The lowest BCUT2D eigenvalue weighted by Crippen LogP contribution is -2.48. The number of amides is 7. The first-order valence-electron chi connectivity index (χ1n) is 45.8. The molecule has 0 aliphatic carbocycles. The van der Waals surface area contributed by atoms with E-state index in [-0.39, 0.29) is 123 Å². The Hall–Kier alpha value is -14.1. The van der Waals surface area contributed by atoms with E-state index in [1.54, 1.807) is 77.3 Å². The van der Waals surface area contributed by atoms with Crippen molar-refractivity contribution in [3.8, 4) is 63.1 Å². The summed E-state index contributed by atoms with van der Waals surface area (Å²) in [6, 6.07) is 32.7. The van der Waals surface area contributed by atoms with Gasteiger partial charge < -0.3 is 53.3 Å². The van der Waals surface area contributed by atoms with E-state index in [1.807, 2.05) is 61.2 Å². The average Bonchev–Trinajstić information content (AvgIpc) is 1.47. The Kier molecular flexibility index (Phi) is 26.5. The van der Waals surface area contributed by atoms with Crippen LogP contribution in [-0.4, -0.2) is 223 Å². The van der Waals surface area contributed by atoms with Gasteiger partial charge >= 0.3 is 48.5 Å². The minimum atomic E-state index is -4.52. The van der Waals surface area contributed by atoms with Crippen LogP contribution in [0.5, 0.6) is 18.0 Å². The number of alkyl halides is 6. The minimum Gasteiger partial charge on any atom is -0.458 e. The summed E-state index contributed by atoms with van der Waals surface area (Å²) in [6.45, 7) is 15.2. The summed E-state index contributed by atoms with van der Waals surface area (Å²) in [5.74, 6) is 2.38. The van der Waals surface area contributed by atoms with Crippen molar-refractivity contribution in [3.05, 3.63) is 220 Å². The van der Waals surface area contributed by atoms with Crippen LogP contribution >= 0.6 is 34.8 Å². The Morgan fingerprint density at radius 2 is 0.779 bits per heavy atom. The molecule has 0 radical (unpaired) electrons. The van der Waals surface area contributed by atoms with Gasteiger partial charge in [-0.25, -0.2) is 49.3 Å². The van der Waals surface area contributed by atoms with Crippen molar-refractivity contribution in [3.63, 3.8) is 0 Å². The maximum absolute atomic E-state index is 13.7. The van der Waals surface area contributed by atoms with E-state index >= 15 is 0 Å². The highest BCUT2D eigenvalue weighted by molar-refractivity contribution is 6.34. The molecule has 140 heavy (non-hydrogen) atoms. The fraction of sp³-hybridized carbons (Fsp3) is 0.351. The van der Waals surface area contributed by atoms with Gasteiger partial charge in [-0.05, 0) is 155 Å². The number of benzene rings is 2. The molecule has 34 nitrogen and oxygen atoms in total. The molecule has 7 atom stereocenters. The number of pyridine rings is 7. The molecule has 2 aromatic carbocycles. The molecule has 12 aromatic rings. The molecule has 23 rings (SSSR count). The van der Waals surface area contributed by atoms with Gasteiger partial charge in [-0.3, -0.25) is 50.0 Å². The van der Waals surface area contributed by atoms with E-state index < -0.39 is 29.5 Å². The summed E-state index contributed by atoms with van der Waals surface area (Å²) in [4.78, 5) is 127. The highest BCUT2D eigenvalue weighted by Crippen LogP contribution is 2.50. The normalized spacial score (nSPS) is 19.8. The van der Waals surface area contributed by atoms with Crippen LogP contribution < -0.4 is 69.4 Å². The molecule has 0 spiro atoms. The Morgan fingerprint density at radius 3 is 1.19 bits per heavy atom. The van der Waals surface area contributed by atoms with Crippen LogP contribution in [0.1, 0.15) is 78.7 Å². The third-order valence-electron chi connectivity index (χ3n) is 25.7. The zero-order chi connectivity index (χ0) is 96.8. The summed E-state index contributed by atoms with van der Waals surface area (Å²) in [5.41, 5.74) is 9.79. The van der Waals surface area contributed by atoms with E-state index in [9.17, 15) is 45.5 Å². The standard InChI is InChI=1S/C26H23ClF3N5O3.C25H22ClF3N6O3.C24H24ClN7O3.C22H22N6O/c27-20-12-21-24(33-23(20)15-2-1-3-16(10-15)26(28,29)30)35(18-5-8-34(21)13-18)22(36)11-17-4-7-31-25(32-17)38-19-6-9-37-14-19;26-18-11-19-22(33-21(18)14-2-1-3-15(10-14)25(27,28)29)35(16-5-8-34(19)12-16)24(36)32-20-4-7-30-23(31-20)38-17-6-9-37-13-17;1-14-10-15(2-6-26-14)21-18(25)11-19-22(30-21)32(16-4-8-31(19)12-16)24(33)29-20-3-7-27-23(28-20)35-17-5-9-34-13-17;1-14-10-19-21(26-20(14)16-5-8-24-15(2)11-16)28(18-6-9-27(19)13-18)22(29)25-17-4-3-7-23-12-17/h1-4,7,10,12,18-19H,5-6,8-9,11,13-14H2;1-4,7,10-11,16-17H,5-6,8-9,12-13H2,(H,30,31,32,36);2-3,6-7,10-11,16-17H,4-5,8-9,12-13H2,1H3,(H,27,28,29,33);3-5,7-8,10-12,18H,6,9,13H2,1-2H3,(H,25,29)/t18-,19-;16-,17+;16-,17-;18-/m0000/s1. The Morgan fingerprint density at radius 1 is 0.400 bits per heavy atom. The van der Waals surface area contributed by atoms with E-state index in [1.165, 1.54) is 35.4 Å². The molecule has 43 heteroatoms. The van der Waals surface area contributed by atoms with E-state index in [2.05, 4.69) is 103 Å². The van der Waals surface area contributed by atoms with Gasteiger partial charge in [0.2, 0.25) is 5.91 Å². The van der Waals surface area contributed by atoms with E-state index in [0.29, 0.717) is 122 Å². The number of hydrogen-bond donors (Lipinski definition) is 3. The molecule has 722 valence electrons. The zero-order valence-corrected chi connectivity index (χ0v) is 77.9. The first kappa shape index (κ1) is 93.6. The number of urea groups is 3. The van der Waals surface area contributed by atoms with Gasteiger partial charge in [-0.15, -0.1) is 0 Å². The number of halogens is 9. The number of fused-ring (bicyclic) bond motifs is 16. The third kappa shape index (κ3) is 20.1. The third-order valence-corrected chi connectivity index (χ3v) is 26.6. The largest absolute Gasteiger partial charge is 0.458 e. The molecule has 11 aliphatic heterocycles. The number of aromatic nitrogens is 13. The second kappa shape index (κ2) is 39.7. The lowest BCUT2D eigenvalue weighted by molar-refractivity contribution is -0.138. The number of rotatable bonds is 15. The van der Waals surface area contributed by atoms with Gasteiger partial charge in [0.25, 0.3) is 0 Å². The van der Waals surface area contributed by atoms with Crippen molar-refractivity contribution in [2.45, 2.75) is 127 Å². The summed E-state index contributed by atoms with van der Waals surface area (Å²) < 4.78 is 113. The molecule has 7 saturated heterocycles. The molecule has 7 amide bonds. The van der Waals surface area contributed by atoms with Gasteiger partial charge in [0, 0.05) is 142 Å². The van der Waals surface area contributed by atoms with Crippen LogP contribution in [0.25, 0.3) is 45.0 Å². The highest BCUT2D eigenvalue weighted by atomic mass is 35.5. The molecule has 21 heterocycles. The number of hydrogen-bond acceptors (Lipinski definition) is 27. The SMILES string of the molecule is Cc1cc(-c2nc3c(cc2C)N2CC[C@@H](C2)N3C(=O)Nc2cccnc2)ccn1.Cc1cc(-c2nc3c(cc2Cl)N2CC[C@@H](C2)N3C(=O)Nc2ccnc(O[C@H]3CCOC3)n2)ccn1.O=C(Cc1ccnc(O[C@H]2CCOC2)n1)N1c2nc(-c3cccc(C(F)(F)F)c3)c(Cl)cc2N2CC[C@H]1C2.O=C(Nc1ccnc(O[C@@H]2CCOC2)n1)N1c2nc(-c3cccc(C(F)(F)F)c3)c(Cl)cc2N2CC[C@H]1C2. The van der Waals surface area contributed by atoms with Crippen molar-refractivity contribution in [2.24, 2.45) is 0 Å². The predicted octanol–water partition coefficient (Wildman–Crippen LogP) is 17.0. The molecule has 0 unspecified atom stereocenters. The number of nitrogens with zero attached hydrogens (tertiary/aromatic N) is 21. The molecular formula is C97H91Cl3F6N24O10. The molecule has 8 bridgehead atoms. The van der Waals surface area contributed by atoms with Gasteiger partial charge in [-0.1, -0.05) is 59.1 Å². The fourth-order valence-electron chi connectivity index (χ4n) is 19.0. The van der Waals surface area contributed by atoms with Crippen molar-refractivity contribution < 1.29 is 73.9 Å². The number of aryl methyl sites for hydroxylation is 3. The topological polar surface area (TPSA) is 353 Å². The maximum Gasteiger partial charge on any atom is 0.416 e. The monoisotopic (exact) mass is 1970 g/mol. The lowest BCUT2D eigenvalue weighted by atomic mass is 10.0. The fourth-order valence-corrected chi connectivity index (χ4v) is 19.8. The molecule has 0 saturated carbocycles. The summed E-state index contributed by atoms with van der Waals surface area (Å²) in [5, 5.41) is 9.62. The minimum absolute atomic E-state index is 0.00334. The van der Waals surface area contributed by atoms with E-state index in [0.717, 1.165) is 146 Å². The average molecular weight is 1970 g/mol. The molecule has 10 aromatic heterocycles.